The van der Waals surface area contributed by atoms with E-state index in [4.69, 9.17) is 0 Å². The molecular weight excluding hydrogens is 469 g/mol. The van der Waals surface area contributed by atoms with E-state index < -0.39 is 41.0 Å². The minimum absolute atomic E-state index is 0.414. The highest BCUT2D eigenvalue weighted by Gasteiger charge is 2.57. The second-order valence-corrected chi connectivity index (χ2v) is 6.67. The summed E-state index contributed by atoms with van der Waals surface area (Å²) >= 11 is 1.88. The number of aliphatic hydroxyl groups is 1. The molecule has 0 bridgehead atoms. The Morgan fingerprint density at radius 1 is 1.15 bits per heavy atom. The first kappa shape index (κ1) is 18.6. The number of hydrogen-bond donors (Lipinski definition) is 1. The third kappa shape index (κ3) is 3.28. The molecule has 6 nitrogen and oxygen atoms in total. The van der Waals surface area contributed by atoms with E-state index in [1.165, 1.54) is 12.3 Å². The lowest BCUT2D eigenvalue weighted by molar-refractivity contribution is -0.207. The number of alkyl halides is 2. The molecule has 1 atom stereocenters. The molecule has 0 radical (unpaired) electrons. The number of halogens is 5. The first-order valence-electron chi connectivity index (χ1n) is 7.12. The number of nitrogens with zero attached hydrogens (tertiary/aromatic N) is 5. The Morgan fingerprint density at radius 3 is 2.50 bits per heavy atom. The van der Waals surface area contributed by atoms with Gasteiger partial charge in [0.05, 0.1) is 6.54 Å². The van der Waals surface area contributed by atoms with Crippen molar-refractivity contribution in [2.45, 2.75) is 18.1 Å². The van der Waals surface area contributed by atoms with E-state index >= 15 is 8.78 Å². The highest BCUT2D eigenvalue weighted by atomic mass is 127. The van der Waals surface area contributed by atoms with Crippen LogP contribution in [0.15, 0.2) is 42.9 Å². The van der Waals surface area contributed by atoms with Crippen molar-refractivity contribution in [3.63, 3.8) is 0 Å². The van der Waals surface area contributed by atoms with Crippen LogP contribution in [-0.4, -0.2) is 30.3 Å². The molecule has 2 aromatic heterocycles. The molecule has 11 heteroatoms. The van der Waals surface area contributed by atoms with Crippen molar-refractivity contribution in [2.75, 3.05) is 0 Å². The number of pyridine rings is 1. The van der Waals surface area contributed by atoms with E-state index in [0.717, 1.165) is 29.2 Å². The highest BCUT2D eigenvalue weighted by Crippen LogP contribution is 2.46. The topological polar surface area (TPSA) is 76.7 Å². The van der Waals surface area contributed by atoms with Crippen LogP contribution in [0.25, 0.3) is 0 Å². The molecular formula is C15H10F4IN5O. The molecule has 1 aromatic carbocycles. The molecule has 3 aromatic rings. The summed E-state index contributed by atoms with van der Waals surface area (Å²) in [5, 5.41) is 21.0. The smallest absolute Gasteiger partial charge is 0.323 e. The van der Waals surface area contributed by atoms with Crippen LogP contribution in [-0.2, 0) is 18.1 Å². The second-order valence-electron chi connectivity index (χ2n) is 5.43. The SMILES string of the molecule is O[C@@](Cn1cnnn1)(c1ccc(F)cc1F)C(F)(F)c1ccc(I)cn1. The largest absolute Gasteiger partial charge is 0.377 e. The van der Waals surface area contributed by atoms with Gasteiger partial charge in [-0.05, 0) is 57.3 Å². The van der Waals surface area contributed by atoms with Crippen molar-refractivity contribution in [1.82, 2.24) is 25.2 Å². The summed E-state index contributed by atoms with van der Waals surface area (Å²) in [5.41, 5.74) is -4.71. The molecule has 0 saturated carbocycles. The lowest BCUT2D eigenvalue weighted by atomic mass is 9.84. The zero-order valence-electron chi connectivity index (χ0n) is 12.8. The summed E-state index contributed by atoms with van der Waals surface area (Å²) in [6, 6.07) is 4.34. The van der Waals surface area contributed by atoms with E-state index in [2.05, 4.69) is 20.5 Å². The molecule has 0 amide bonds. The average Bonchev–Trinajstić information content (AvgIpc) is 3.07. The van der Waals surface area contributed by atoms with Crippen LogP contribution in [0, 0.1) is 15.2 Å². The number of aromatic nitrogens is 5. The third-order valence-corrected chi connectivity index (χ3v) is 4.37. The maximum Gasteiger partial charge on any atom is 0.323 e. The maximum atomic E-state index is 15.2. The minimum Gasteiger partial charge on any atom is -0.377 e. The average molecular weight is 479 g/mol. The molecule has 0 fully saturated rings. The van der Waals surface area contributed by atoms with Gasteiger partial charge in [-0.25, -0.2) is 13.5 Å². The Labute approximate surface area is 158 Å². The van der Waals surface area contributed by atoms with E-state index in [1.807, 2.05) is 22.6 Å². The first-order valence-corrected chi connectivity index (χ1v) is 8.20. The van der Waals surface area contributed by atoms with Gasteiger partial charge in [0, 0.05) is 21.4 Å². The summed E-state index contributed by atoms with van der Waals surface area (Å²) in [6.45, 7) is -0.886. The van der Waals surface area contributed by atoms with Crippen LogP contribution in [0.5, 0.6) is 0 Å². The summed E-state index contributed by atoms with van der Waals surface area (Å²) in [5.74, 6) is -6.33. The molecule has 0 aliphatic carbocycles. The molecule has 0 aliphatic heterocycles. The van der Waals surface area contributed by atoms with Gasteiger partial charge in [0.15, 0.2) is 5.60 Å². The Balaban J connectivity index is 2.17. The standard InChI is InChI=1S/C15H10F4IN5O/c16-9-1-3-11(12(17)5-9)14(26,7-25-8-22-23-24-25)15(18,19)13-4-2-10(20)6-21-13/h1-6,8,26H,7H2/t14-/m0/s1. The van der Waals surface area contributed by atoms with Crippen LogP contribution in [0.3, 0.4) is 0 Å². The molecule has 0 aliphatic rings. The summed E-state index contributed by atoms with van der Waals surface area (Å²) in [4.78, 5) is 3.64. The highest BCUT2D eigenvalue weighted by molar-refractivity contribution is 14.1. The lowest BCUT2D eigenvalue weighted by Gasteiger charge is -2.35. The van der Waals surface area contributed by atoms with E-state index in [9.17, 15) is 13.9 Å². The Kier molecular flexibility index (Phi) is 4.92. The van der Waals surface area contributed by atoms with E-state index in [0.29, 0.717) is 9.64 Å². The van der Waals surface area contributed by atoms with E-state index in [-0.39, 0.29) is 0 Å². The Bertz CT molecular complexity index is 907. The zero-order chi connectivity index (χ0) is 18.9. The van der Waals surface area contributed by atoms with Gasteiger partial charge in [0.2, 0.25) is 0 Å². The molecule has 3 rings (SSSR count). The van der Waals surface area contributed by atoms with Gasteiger partial charge >= 0.3 is 5.92 Å². The van der Waals surface area contributed by atoms with Gasteiger partial charge in [-0.3, -0.25) is 4.98 Å². The summed E-state index contributed by atoms with van der Waals surface area (Å²) in [6.07, 6.45) is 2.17. The van der Waals surface area contributed by atoms with Crippen LogP contribution in [0.4, 0.5) is 17.6 Å². The van der Waals surface area contributed by atoms with E-state index in [1.54, 1.807) is 0 Å². The molecule has 136 valence electrons. The third-order valence-electron chi connectivity index (χ3n) is 3.73. The van der Waals surface area contributed by atoms with Crippen molar-refractivity contribution in [3.8, 4) is 0 Å². The van der Waals surface area contributed by atoms with Gasteiger partial charge in [-0.2, -0.15) is 8.78 Å². The predicted molar refractivity (Wildman–Crippen MR) is 88.9 cm³/mol. The monoisotopic (exact) mass is 479 g/mol. The van der Waals surface area contributed by atoms with Crippen LogP contribution in [0.2, 0.25) is 0 Å². The van der Waals surface area contributed by atoms with Crippen molar-refractivity contribution in [2.24, 2.45) is 0 Å². The Morgan fingerprint density at radius 2 is 1.92 bits per heavy atom. The molecule has 2 heterocycles. The fourth-order valence-corrected chi connectivity index (χ4v) is 2.76. The number of rotatable bonds is 5. The number of hydrogen-bond acceptors (Lipinski definition) is 5. The van der Waals surface area contributed by atoms with Crippen LogP contribution in [0.1, 0.15) is 11.3 Å². The van der Waals surface area contributed by atoms with Crippen molar-refractivity contribution < 1.29 is 22.7 Å². The van der Waals surface area contributed by atoms with Crippen molar-refractivity contribution in [3.05, 3.63) is 69.3 Å². The van der Waals surface area contributed by atoms with Gasteiger partial charge in [-0.15, -0.1) is 5.10 Å². The van der Waals surface area contributed by atoms with Crippen molar-refractivity contribution >= 4 is 22.6 Å². The second kappa shape index (κ2) is 6.87. The summed E-state index contributed by atoms with van der Waals surface area (Å²) < 4.78 is 59.4. The molecule has 0 spiro atoms. The molecule has 1 N–H and O–H groups in total. The number of benzene rings is 1. The van der Waals surface area contributed by atoms with Gasteiger partial charge in [0.25, 0.3) is 0 Å². The van der Waals surface area contributed by atoms with Crippen LogP contribution >= 0.6 is 22.6 Å². The quantitative estimate of drug-likeness (QED) is 0.450. The minimum atomic E-state index is -4.04. The van der Waals surface area contributed by atoms with Gasteiger partial charge in [0.1, 0.15) is 23.7 Å². The van der Waals surface area contributed by atoms with Gasteiger partial charge in [-0.1, -0.05) is 0 Å². The molecule has 0 unspecified atom stereocenters. The normalized spacial score (nSPS) is 14.2. The van der Waals surface area contributed by atoms with Crippen LogP contribution < -0.4 is 0 Å². The maximum absolute atomic E-state index is 15.2. The lowest BCUT2D eigenvalue weighted by Crippen LogP contribution is -2.48. The Hall–Kier alpha value is -2.15. The predicted octanol–water partition coefficient (Wildman–Crippen LogP) is 2.63. The molecule has 0 saturated heterocycles. The van der Waals surface area contributed by atoms with Gasteiger partial charge < -0.3 is 5.11 Å². The summed E-state index contributed by atoms with van der Waals surface area (Å²) in [7, 11) is 0. The zero-order valence-corrected chi connectivity index (χ0v) is 15.0. The first-order chi connectivity index (χ1) is 12.2. The molecule has 26 heavy (non-hydrogen) atoms. The number of tetrazole rings is 1. The fraction of sp³-hybridized carbons (Fsp3) is 0.200. The van der Waals surface area contributed by atoms with Crippen molar-refractivity contribution in [1.29, 1.82) is 0 Å². The fourth-order valence-electron chi connectivity index (χ4n) is 2.44.